The lowest BCUT2D eigenvalue weighted by atomic mass is 9.90. The lowest BCUT2D eigenvalue weighted by molar-refractivity contribution is 0.0690. The lowest BCUT2D eigenvalue weighted by Crippen LogP contribution is -2.45. The van der Waals surface area contributed by atoms with E-state index in [1.54, 1.807) is 11.3 Å². The monoisotopic (exact) mass is 385 g/mol. The minimum absolute atomic E-state index is 0.0600. The zero-order valence-electron chi connectivity index (χ0n) is 15.0. The van der Waals surface area contributed by atoms with E-state index in [4.69, 9.17) is 4.42 Å². The van der Waals surface area contributed by atoms with Crippen LogP contribution in [0, 0.1) is 5.92 Å². The zero-order valence-corrected chi connectivity index (χ0v) is 15.8. The van der Waals surface area contributed by atoms with Gasteiger partial charge in [0.25, 0.3) is 0 Å². The fraction of sp³-hybridized carbons (Fsp3) is 0.400. The minimum Gasteiger partial charge on any atom is -0.441 e. The molecule has 3 aromatic rings. The summed E-state index contributed by atoms with van der Waals surface area (Å²) in [7, 11) is 0. The van der Waals surface area contributed by atoms with Crippen LogP contribution in [0.3, 0.4) is 0 Å². The maximum absolute atomic E-state index is 12.4. The number of para-hydroxylation sites is 2. The standard InChI is InChI=1S/C20H23N3O3S/c24-19(17-6-3-13-27-17)14-8-11-23(12-9-14)20(25)21-10-7-18-22-15-4-1-2-5-16(15)26-18/h1-6,13-14,19,24H,7-12H2,(H,21,25)/t19-/m0/s1. The van der Waals surface area contributed by atoms with Crippen molar-refractivity contribution < 1.29 is 14.3 Å². The Hall–Kier alpha value is -2.38. The number of thiophene rings is 1. The first-order valence-electron chi connectivity index (χ1n) is 9.29. The van der Waals surface area contributed by atoms with Crippen molar-refractivity contribution in [3.63, 3.8) is 0 Å². The van der Waals surface area contributed by atoms with Gasteiger partial charge in [0.1, 0.15) is 5.52 Å². The Morgan fingerprint density at radius 2 is 2.11 bits per heavy atom. The van der Waals surface area contributed by atoms with Crippen molar-refractivity contribution in [2.45, 2.75) is 25.4 Å². The molecule has 1 atom stereocenters. The van der Waals surface area contributed by atoms with Crippen LogP contribution in [0.2, 0.25) is 0 Å². The number of likely N-dealkylation sites (tertiary alicyclic amines) is 1. The van der Waals surface area contributed by atoms with Crippen LogP contribution in [0.15, 0.2) is 46.2 Å². The molecule has 6 nitrogen and oxygen atoms in total. The van der Waals surface area contributed by atoms with Crippen LogP contribution in [0.4, 0.5) is 4.79 Å². The molecule has 2 amide bonds. The predicted octanol–water partition coefficient (Wildman–Crippen LogP) is 3.59. The van der Waals surface area contributed by atoms with Crippen LogP contribution in [0.25, 0.3) is 11.1 Å². The van der Waals surface area contributed by atoms with Crippen molar-refractivity contribution in [3.05, 3.63) is 52.5 Å². The number of piperidine rings is 1. The number of aromatic nitrogens is 1. The third-order valence-electron chi connectivity index (χ3n) is 5.06. The van der Waals surface area contributed by atoms with Crippen LogP contribution in [0.1, 0.15) is 29.7 Å². The minimum atomic E-state index is -0.422. The molecule has 3 heterocycles. The SMILES string of the molecule is O=C(NCCc1nc2ccccc2o1)N1CCC([C@H](O)c2cccs2)CC1. The molecule has 0 radical (unpaired) electrons. The van der Waals surface area contributed by atoms with E-state index in [9.17, 15) is 9.90 Å². The van der Waals surface area contributed by atoms with Crippen LogP contribution in [-0.4, -0.2) is 40.7 Å². The number of rotatable bonds is 5. The summed E-state index contributed by atoms with van der Waals surface area (Å²) in [6.45, 7) is 1.83. The number of oxazole rings is 1. The van der Waals surface area contributed by atoms with Crippen LogP contribution in [0.5, 0.6) is 0 Å². The summed E-state index contributed by atoms with van der Waals surface area (Å²) in [5.74, 6) is 0.849. The predicted molar refractivity (Wildman–Crippen MR) is 105 cm³/mol. The highest BCUT2D eigenvalue weighted by Gasteiger charge is 2.28. The molecule has 1 aliphatic heterocycles. The van der Waals surface area contributed by atoms with E-state index in [1.165, 1.54) is 0 Å². The number of amides is 2. The second-order valence-corrected chi connectivity index (χ2v) is 7.82. The van der Waals surface area contributed by atoms with Gasteiger partial charge in [0, 0.05) is 30.9 Å². The molecule has 0 bridgehead atoms. The van der Waals surface area contributed by atoms with Crippen LogP contribution in [-0.2, 0) is 6.42 Å². The Morgan fingerprint density at radius 1 is 1.30 bits per heavy atom. The van der Waals surface area contributed by atoms with Crippen molar-refractivity contribution >= 4 is 28.5 Å². The van der Waals surface area contributed by atoms with E-state index >= 15 is 0 Å². The molecule has 1 aliphatic rings. The van der Waals surface area contributed by atoms with Gasteiger partial charge in [0.2, 0.25) is 0 Å². The molecule has 0 aliphatic carbocycles. The number of nitrogens with one attached hydrogen (secondary N) is 1. The topological polar surface area (TPSA) is 78.6 Å². The Labute approximate surface area is 161 Å². The van der Waals surface area contributed by atoms with Gasteiger partial charge in [-0.05, 0) is 42.3 Å². The Balaban J connectivity index is 1.22. The number of aliphatic hydroxyl groups is 1. The Kier molecular flexibility index (Phi) is 5.40. The molecular weight excluding hydrogens is 362 g/mol. The van der Waals surface area contributed by atoms with E-state index in [-0.39, 0.29) is 11.9 Å². The van der Waals surface area contributed by atoms with Gasteiger partial charge in [-0.3, -0.25) is 0 Å². The zero-order chi connectivity index (χ0) is 18.6. The average molecular weight is 385 g/mol. The van der Waals surface area contributed by atoms with Crippen molar-refractivity contribution in [1.82, 2.24) is 15.2 Å². The molecule has 7 heteroatoms. The van der Waals surface area contributed by atoms with Gasteiger partial charge in [-0.1, -0.05) is 18.2 Å². The van der Waals surface area contributed by atoms with Gasteiger partial charge in [0.05, 0.1) is 6.10 Å². The van der Waals surface area contributed by atoms with E-state index in [0.29, 0.717) is 31.9 Å². The van der Waals surface area contributed by atoms with Crippen molar-refractivity contribution in [3.8, 4) is 0 Å². The summed E-state index contributed by atoms with van der Waals surface area (Å²) in [4.78, 5) is 19.6. The first kappa shape index (κ1) is 18.0. The molecule has 4 rings (SSSR count). The molecule has 0 saturated carbocycles. The van der Waals surface area contributed by atoms with Gasteiger partial charge in [0.15, 0.2) is 11.5 Å². The third-order valence-corrected chi connectivity index (χ3v) is 6.00. The smallest absolute Gasteiger partial charge is 0.317 e. The number of carbonyl (C=O) groups is 1. The van der Waals surface area contributed by atoms with E-state index < -0.39 is 6.10 Å². The van der Waals surface area contributed by atoms with Gasteiger partial charge in [-0.2, -0.15) is 0 Å². The van der Waals surface area contributed by atoms with Gasteiger partial charge in [-0.25, -0.2) is 9.78 Å². The van der Waals surface area contributed by atoms with E-state index in [2.05, 4.69) is 10.3 Å². The van der Waals surface area contributed by atoms with Crippen LogP contribution < -0.4 is 5.32 Å². The number of nitrogens with zero attached hydrogens (tertiary/aromatic N) is 2. The Bertz CT molecular complexity index is 852. The molecule has 0 unspecified atom stereocenters. The molecule has 27 heavy (non-hydrogen) atoms. The Morgan fingerprint density at radius 3 is 2.85 bits per heavy atom. The maximum atomic E-state index is 12.4. The number of hydrogen-bond acceptors (Lipinski definition) is 5. The molecule has 1 aromatic carbocycles. The maximum Gasteiger partial charge on any atom is 0.317 e. The second kappa shape index (κ2) is 8.10. The molecule has 2 N–H and O–H groups in total. The summed E-state index contributed by atoms with van der Waals surface area (Å²) in [6, 6.07) is 11.5. The van der Waals surface area contributed by atoms with Gasteiger partial charge < -0.3 is 19.7 Å². The lowest BCUT2D eigenvalue weighted by Gasteiger charge is -2.34. The highest BCUT2D eigenvalue weighted by atomic mass is 32.1. The number of benzene rings is 1. The summed E-state index contributed by atoms with van der Waals surface area (Å²) in [5, 5.41) is 15.4. The summed E-state index contributed by atoms with van der Waals surface area (Å²) < 4.78 is 5.67. The number of aliphatic hydroxyl groups excluding tert-OH is 1. The van der Waals surface area contributed by atoms with Crippen molar-refractivity contribution in [2.24, 2.45) is 5.92 Å². The van der Waals surface area contributed by atoms with Crippen molar-refractivity contribution in [1.29, 1.82) is 0 Å². The second-order valence-electron chi connectivity index (χ2n) is 6.84. The van der Waals surface area contributed by atoms with Gasteiger partial charge >= 0.3 is 6.03 Å². The van der Waals surface area contributed by atoms with Crippen molar-refractivity contribution in [2.75, 3.05) is 19.6 Å². The highest BCUT2D eigenvalue weighted by molar-refractivity contribution is 7.10. The number of fused-ring (bicyclic) bond motifs is 1. The first-order valence-corrected chi connectivity index (χ1v) is 10.2. The normalized spacial score (nSPS) is 16.6. The largest absolute Gasteiger partial charge is 0.441 e. The molecule has 1 saturated heterocycles. The summed E-state index contributed by atoms with van der Waals surface area (Å²) in [6.07, 6.45) is 1.78. The van der Waals surface area contributed by atoms with E-state index in [0.717, 1.165) is 28.8 Å². The van der Waals surface area contributed by atoms with E-state index in [1.807, 2.05) is 46.7 Å². The molecular formula is C20H23N3O3S. The molecule has 0 spiro atoms. The molecule has 1 fully saturated rings. The fourth-order valence-corrected chi connectivity index (χ4v) is 4.33. The third kappa shape index (κ3) is 4.14. The van der Waals surface area contributed by atoms with Crippen LogP contribution >= 0.6 is 11.3 Å². The first-order chi connectivity index (χ1) is 13.2. The fourth-order valence-electron chi connectivity index (χ4n) is 3.53. The number of carbonyl (C=O) groups excluding carboxylic acids is 1. The quantitative estimate of drug-likeness (QED) is 0.704. The molecule has 2 aromatic heterocycles. The average Bonchev–Trinajstić information content (AvgIpc) is 3.37. The molecule has 142 valence electrons. The highest BCUT2D eigenvalue weighted by Crippen LogP contribution is 2.32. The summed E-state index contributed by atoms with van der Waals surface area (Å²) >= 11 is 1.58. The van der Waals surface area contributed by atoms with Gasteiger partial charge in [-0.15, -0.1) is 11.3 Å². The number of urea groups is 1. The number of hydrogen-bond donors (Lipinski definition) is 2. The summed E-state index contributed by atoms with van der Waals surface area (Å²) in [5.41, 5.74) is 1.61.